The molecule has 1 aromatic carbocycles. The molecule has 120 valence electrons. The minimum absolute atomic E-state index is 0.286. The predicted octanol–water partition coefficient (Wildman–Crippen LogP) is 1.52. The lowest BCUT2D eigenvalue weighted by Crippen LogP contribution is -2.41. The van der Waals surface area contributed by atoms with Crippen molar-refractivity contribution in [2.75, 3.05) is 13.1 Å². The van der Waals surface area contributed by atoms with Crippen molar-refractivity contribution < 1.29 is 9.31 Å². The Balaban J connectivity index is 1.72. The van der Waals surface area contributed by atoms with Crippen LogP contribution in [0.5, 0.6) is 0 Å². The third kappa shape index (κ3) is 3.09. The molecule has 3 rings (SSSR count). The summed E-state index contributed by atoms with van der Waals surface area (Å²) in [5.74, 6) is 0. The minimum Gasteiger partial charge on any atom is -0.399 e. The molecule has 0 unspecified atom stereocenters. The van der Waals surface area contributed by atoms with Crippen LogP contribution in [0.15, 0.2) is 24.3 Å². The van der Waals surface area contributed by atoms with E-state index in [0.29, 0.717) is 6.04 Å². The van der Waals surface area contributed by atoms with Gasteiger partial charge in [-0.2, -0.15) is 0 Å². The average molecular weight is 302 g/mol. The molecule has 2 aliphatic heterocycles. The van der Waals surface area contributed by atoms with Gasteiger partial charge in [0, 0.05) is 25.7 Å². The normalized spacial score (nSPS) is 27.5. The Hall–Kier alpha value is -0.875. The van der Waals surface area contributed by atoms with E-state index in [1.165, 1.54) is 5.56 Å². The van der Waals surface area contributed by atoms with E-state index in [0.717, 1.165) is 31.5 Å². The maximum absolute atomic E-state index is 6.14. The third-order valence-corrected chi connectivity index (χ3v) is 5.19. The maximum atomic E-state index is 6.14. The molecule has 22 heavy (non-hydrogen) atoms. The second-order valence-electron chi connectivity index (χ2n) is 7.62. The van der Waals surface area contributed by atoms with Gasteiger partial charge < -0.3 is 15.0 Å². The molecule has 0 amide bonds. The lowest BCUT2D eigenvalue weighted by Gasteiger charge is -2.32. The van der Waals surface area contributed by atoms with Crippen molar-refractivity contribution >= 4 is 12.6 Å². The van der Waals surface area contributed by atoms with Crippen molar-refractivity contribution in [3.05, 3.63) is 29.8 Å². The summed E-state index contributed by atoms with van der Waals surface area (Å²) in [6.45, 7) is 11.4. The highest BCUT2D eigenvalue weighted by molar-refractivity contribution is 6.62. The maximum Gasteiger partial charge on any atom is 0.494 e. The first-order valence-electron chi connectivity index (χ1n) is 8.19. The van der Waals surface area contributed by atoms with Crippen LogP contribution >= 0.6 is 0 Å². The SMILES string of the molecule is CC1(C)OB(c2cccc(CN3CC[C@H](N)C3)c2)OC1(C)C. The van der Waals surface area contributed by atoms with Crippen LogP contribution in [0.25, 0.3) is 0 Å². The number of likely N-dealkylation sites (tertiary alicyclic amines) is 1. The fraction of sp³-hybridized carbons (Fsp3) is 0.647. The zero-order valence-electron chi connectivity index (χ0n) is 14.1. The first kappa shape index (κ1) is 16.0. The van der Waals surface area contributed by atoms with Gasteiger partial charge in [0.15, 0.2) is 0 Å². The summed E-state index contributed by atoms with van der Waals surface area (Å²) in [5.41, 5.74) is 7.78. The second kappa shape index (κ2) is 5.64. The van der Waals surface area contributed by atoms with Gasteiger partial charge in [-0.1, -0.05) is 24.3 Å². The smallest absolute Gasteiger partial charge is 0.399 e. The van der Waals surface area contributed by atoms with Crippen LogP contribution < -0.4 is 11.2 Å². The molecule has 4 nitrogen and oxygen atoms in total. The Morgan fingerprint density at radius 3 is 2.50 bits per heavy atom. The van der Waals surface area contributed by atoms with Gasteiger partial charge >= 0.3 is 7.12 Å². The fourth-order valence-corrected chi connectivity index (χ4v) is 3.08. The Morgan fingerprint density at radius 1 is 1.23 bits per heavy atom. The van der Waals surface area contributed by atoms with Gasteiger partial charge in [0.05, 0.1) is 11.2 Å². The number of nitrogens with zero attached hydrogens (tertiary/aromatic N) is 1. The number of nitrogens with two attached hydrogens (primary N) is 1. The fourth-order valence-electron chi connectivity index (χ4n) is 3.08. The van der Waals surface area contributed by atoms with Gasteiger partial charge in [0.2, 0.25) is 0 Å². The van der Waals surface area contributed by atoms with E-state index in [1.54, 1.807) is 0 Å². The summed E-state index contributed by atoms with van der Waals surface area (Å²) in [7, 11) is -0.286. The monoisotopic (exact) mass is 302 g/mol. The van der Waals surface area contributed by atoms with Crippen LogP contribution in [0, 0.1) is 0 Å². The molecule has 5 heteroatoms. The summed E-state index contributed by atoms with van der Waals surface area (Å²) in [4.78, 5) is 2.41. The van der Waals surface area contributed by atoms with E-state index in [2.05, 4.69) is 56.9 Å². The highest BCUT2D eigenvalue weighted by Gasteiger charge is 2.51. The molecule has 2 N–H and O–H groups in total. The van der Waals surface area contributed by atoms with E-state index < -0.39 is 0 Å². The Morgan fingerprint density at radius 2 is 1.91 bits per heavy atom. The highest BCUT2D eigenvalue weighted by atomic mass is 16.7. The molecule has 0 saturated carbocycles. The van der Waals surface area contributed by atoms with Gasteiger partial charge in [0.1, 0.15) is 0 Å². The molecule has 0 bridgehead atoms. The van der Waals surface area contributed by atoms with Gasteiger partial charge in [-0.25, -0.2) is 0 Å². The Bertz CT molecular complexity index is 531. The quantitative estimate of drug-likeness (QED) is 0.860. The topological polar surface area (TPSA) is 47.7 Å². The number of hydrogen-bond donors (Lipinski definition) is 1. The molecule has 0 aliphatic carbocycles. The highest BCUT2D eigenvalue weighted by Crippen LogP contribution is 2.36. The van der Waals surface area contributed by atoms with E-state index in [1.807, 2.05) is 0 Å². The average Bonchev–Trinajstić information content (AvgIpc) is 2.91. The molecule has 1 aromatic rings. The van der Waals surface area contributed by atoms with Gasteiger partial charge in [-0.15, -0.1) is 0 Å². The number of benzene rings is 1. The molecule has 2 saturated heterocycles. The van der Waals surface area contributed by atoms with Crippen molar-refractivity contribution in [3.63, 3.8) is 0 Å². The van der Waals surface area contributed by atoms with Crippen molar-refractivity contribution in [1.29, 1.82) is 0 Å². The minimum atomic E-state index is -0.296. The van der Waals surface area contributed by atoms with Crippen LogP contribution in [-0.2, 0) is 15.9 Å². The Kier molecular flexibility index (Phi) is 4.10. The summed E-state index contributed by atoms with van der Waals surface area (Å²) < 4.78 is 12.3. The first-order valence-corrected chi connectivity index (χ1v) is 8.19. The molecule has 0 radical (unpaired) electrons. The van der Waals surface area contributed by atoms with E-state index in [4.69, 9.17) is 15.0 Å². The van der Waals surface area contributed by atoms with Crippen LogP contribution in [0.1, 0.15) is 39.7 Å². The number of rotatable bonds is 3. The third-order valence-electron chi connectivity index (χ3n) is 5.19. The lowest BCUT2D eigenvalue weighted by atomic mass is 9.78. The zero-order valence-corrected chi connectivity index (χ0v) is 14.1. The molecule has 0 aromatic heterocycles. The first-order chi connectivity index (χ1) is 10.3. The largest absolute Gasteiger partial charge is 0.494 e. The van der Waals surface area contributed by atoms with Crippen LogP contribution in [0.4, 0.5) is 0 Å². The van der Waals surface area contributed by atoms with Crippen molar-refractivity contribution in [1.82, 2.24) is 4.90 Å². The molecular weight excluding hydrogens is 275 g/mol. The molecule has 2 heterocycles. The van der Waals surface area contributed by atoms with Gasteiger partial charge in [0.25, 0.3) is 0 Å². The summed E-state index contributed by atoms with van der Waals surface area (Å²) in [5, 5.41) is 0. The zero-order chi connectivity index (χ0) is 16.0. The predicted molar refractivity (Wildman–Crippen MR) is 90.0 cm³/mol. The molecular formula is C17H27BN2O2. The van der Waals surface area contributed by atoms with Crippen molar-refractivity contribution in [2.45, 2.75) is 57.9 Å². The summed E-state index contributed by atoms with van der Waals surface area (Å²) in [6, 6.07) is 8.86. The van der Waals surface area contributed by atoms with Crippen molar-refractivity contribution in [3.8, 4) is 0 Å². The molecule has 0 spiro atoms. The van der Waals surface area contributed by atoms with Crippen LogP contribution in [-0.4, -0.2) is 42.4 Å². The van der Waals surface area contributed by atoms with Crippen LogP contribution in [0.2, 0.25) is 0 Å². The second-order valence-corrected chi connectivity index (χ2v) is 7.62. The van der Waals surface area contributed by atoms with Crippen LogP contribution in [0.3, 0.4) is 0 Å². The summed E-state index contributed by atoms with van der Waals surface area (Å²) in [6.07, 6.45) is 1.09. The molecule has 1 atom stereocenters. The van der Waals surface area contributed by atoms with Gasteiger partial charge in [-0.3, -0.25) is 4.90 Å². The summed E-state index contributed by atoms with van der Waals surface area (Å²) >= 11 is 0. The van der Waals surface area contributed by atoms with Crippen molar-refractivity contribution in [2.24, 2.45) is 5.73 Å². The van der Waals surface area contributed by atoms with E-state index in [-0.39, 0.29) is 18.3 Å². The number of hydrogen-bond acceptors (Lipinski definition) is 4. The lowest BCUT2D eigenvalue weighted by molar-refractivity contribution is 0.00578. The standard InChI is InChI=1S/C17H27BN2O2/c1-16(2)17(3,4)22-18(21-16)14-7-5-6-13(10-14)11-20-9-8-15(19)12-20/h5-7,10,15H,8-9,11-12,19H2,1-4H3/t15-/m0/s1. The Labute approximate surface area is 134 Å². The van der Waals surface area contributed by atoms with Gasteiger partial charge in [-0.05, 0) is 45.1 Å². The van der Waals surface area contributed by atoms with E-state index >= 15 is 0 Å². The molecule has 2 aliphatic rings. The van der Waals surface area contributed by atoms with E-state index in [9.17, 15) is 0 Å². The molecule has 2 fully saturated rings.